The highest BCUT2D eigenvalue weighted by molar-refractivity contribution is 5.68. The number of anilines is 1. The third-order valence-corrected chi connectivity index (χ3v) is 4.60. The number of hydrogen-bond acceptors (Lipinski definition) is 5. The van der Waals surface area contributed by atoms with E-state index in [1.165, 1.54) is 26.4 Å². The molecule has 6 heteroatoms. The molecule has 114 valence electrons. The second-order valence-corrected chi connectivity index (χ2v) is 5.75. The van der Waals surface area contributed by atoms with Gasteiger partial charge in [0, 0.05) is 18.6 Å². The smallest absolute Gasteiger partial charge is 0.333 e. The van der Waals surface area contributed by atoms with E-state index in [4.69, 9.17) is 4.74 Å². The fourth-order valence-corrected chi connectivity index (χ4v) is 3.61. The summed E-state index contributed by atoms with van der Waals surface area (Å²) in [4.78, 5) is 13.5. The lowest BCUT2D eigenvalue weighted by Gasteiger charge is -2.32. The molecule has 2 aliphatic heterocycles. The maximum Gasteiger partial charge on any atom is 0.333 e. The molecule has 2 saturated heterocycles. The summed E-state index contributed by atoms with van der Waals surface area (Å²) in [7, 11) is 1.46. The molecule has 2 unspecified atom stereocenters. The van der Waals surface area contributed by atoms with Gasteiger partial charge in [-0.05, 0) is 37.9 Å². The molecule has 0 bridgehead atoms. The van der Waals surface area contributed by atoms with Crippen molar-refractivity contribution in [2.24, 2.45) is 0 Å². The zero-order chi connectivity index (χ0) is 14.8. The van der Waals surface area contributed by atoms with E-state index in [0.717, 1.165) is 19.5 Å². The number of para-hydroxylation sites is 1. The lowest BCUT2D eigenvalue weighted by Crippen LogP contribution is -2.41. The first kappa shape index (κ1) is 14.1. The van der Waals surface area contributed by atoms with E-state index in [9.17, 15) is 10.1 Å². The Kier molecular flexibility index (Phi) is 3.96. The standard InChI is InChI=1S/C15H21N3O3/c1-21-14-7-4-5-12(15(14)18(19)20)16-11-8-10-17-9-3-2-6-13(11)17/h4-5,7,11,13,16H,2-3,6,8-10H2,1H3. The van der Waals surface area contributed by atoms with Crippen LogP contribution in [-0.4, -0.2) is 42.1 Å². The highest BCUT2D eigenvalue weighted by Crippen LogP contribution is 2.37. The van der Waals surface area contributed by atoms with Crippen LogP contribution in [0.2, 0.25) is 0 Å². The van der Waals surface area contributed by atoms with Crippen LogP contribution in [0.15, 0.2) is 18.2 Å². The molecule has 2 atom stereocenters. The molecule has 0 amide bonds. The van der Waals surface area contributed by atoms with Crippen LogP contribution in [0.3, 0.4) is 0 Å². The maximum absolute atomic E-state index is 11.3. The average Bonchev–Trinajstić information content (AvgIpc) is 2.90. The summed E-state index contributed by atoms with van der Waals surface area (Å²) < 4.78 is 5.13. The summed E-state index contributed by atoms with van der Waals surface area (Å²) in [5.74, 6) is 0.309. The molecule has 0 aliphatic carbocycles. The lowest BCUT2D eigenvalue weighted by molar-refractivity contribution is -0.384. The molecule has 6 nitrogen and oxygen atoms in total. The Morgan fingerprint density at radius 3 is 2.95 bits per heavy atom. The van der Waals surface area contributed by atoms with Crippen LogP contribution in [0.4, 0.5) is 11.4 Å². The molecule has 1 aromatic carbocycles. The Morgan fingerprint density at radius 1 is 1.33 bits per heavy atom. The van der Waals surface area contributed by atoms with Crippen LogP contribution in [-0.2, 0) is 0 Å². The van der Waals surface area contributed by atoms with Crippen molar-refractivity contribution in [3.63, 3.8) is 0 Å². The number of piperidine rings is 1. The van der Waals surface area contributed by atoms with Crippen molar-refractivity contribution in [1.82, 2.24) is 4.90 Å². The van der Waals surface area contributed by atoms with Crippen LogP contribution in [0.1, 0.15) is 25.7 Å². The molecule has 21 heavy (non-hydrogen) atoms. The molecule has 1 N–H and O–H groups in total. The second-order valence-electron chi connectivity index (χ2n) is 5.75. The number of methoxy groups -OCH3 is 1. The minimum Gasteiger partial charge on any atom is -0.490 e. The van der Waals surface area contributed by atoms with Crippen LogP contribution >= 0.6 is 0 Å². The summed E-state index contributed by atoms with van der Waals surface area (Å²) in [6.07, 6.45) is 4.73. The third kappa shape index (κ3) is 2.68. The number of nitro benzene ring substituents is 1. The van der Waals surface area contributed by atoms with Crippen molar-refractivity contribution in [1.29, 1.82) is 0 Å². The van der Waals surface area contributed by atoms with Crippen molar-refractivity contribution in [3.05, 3.63) is 28.3 Å². The van der Waals surface area contributed by atoms with Gasteiger partial charge >= 0.3 is 5.69 Å². The summed E-state index contributed by atoms with van der Waals surface area (Å²) in [5.41, 5.74) is 0.603. The summed E-state index contributed by atoms with van der Waals surface area (Å²) in [5, 5.41) is 14.7. The molecule has 0 radical (unpaired) electrons. The van der Waals surface area contributed by atoms with Gasteiger partial charge in [0.05, 0.1) is 12.0 Å². The summed E-state index contributed by atoms with van der Waals surface area (Å²) in [6, 6.07) is 5.99. The summed E-state index contributed by atoms with van der Waals surface area (Å²) >= 11 is 0. The zero-order valence-electron chi connectivity index (χ0n) is 12.2. The normalized spacial score (nSPS) is 25.4. The van der Waals surface area contributed by atoms with Gasteiger partial charge in [-0.15, -0.1) is 0 Å². The van der Waals surface area contributed by atoms with Crippen LogP contribution in [0, 0.1) is 10.1 Å². The predicted molar refractivity (Wildman–Crippen MR) is 80.9 cm³/mol. The van der Waals surface area contributed by atoms with Gasteiger partial charge in [0.15, 0.2) is 5.75 Å². The van der Waals surface area contributed by atoms with Gasteiger partial charge in [0.2, 0.25) is 0 Å². The Balaban J connectivity index is 1.83. The third-order valence-electron chi connectivity index (χ3n) is 4.60. The average molecular weight is 291 g/mol. The molecule has 2 heterocycles. The van der Waals surface area contributed by atoms with Crippen molar-refractivity contribution in [3.8, 4) is 5.75 Å². The van der Waals surface area contributed by atoms with E-state index in [1.807, 2.05) is 0 Å². The minimum atomic E-state index is -0.366. The molecule has 2 fully saturated rings. The van der Waals surface area contributed by atoms with E-state index in [1.54, 1.807) is 18.2 Å². The van der Waals surface area contributed by atoms with Crippen molar-refractivity contribution >= 4 is 11.4 Å². The Morgan fingerprint density at radius 2 is 2.19 bits per heavy atom. The fourth-order valence-electron chi connectivity index (χ4n) is 3.61. The van der Waals surface area contributed by atoms with E-state index in [0.29, 0.717) is 17.5 Å². The first-order valence-corrected chi connectivity index (χ1v) is 7.52. The quantitative estimate of drug-likeness (QED) is 0.682. The van der Waals surface area contributed by atoms with Crippen molar-refractivity contribution in [2.45, 2.75) is 37.8 Å². The van der Waals surface area contributed by atoms with Gasteiger partial charge in [-0.2, -0.15) is 0 Å². The van der Waals surface area contributed by atoms with Gasteiger partial charge in [-0.1, -0.05) is 12.5 Å². The molecule has 1 aromatic rings. The van der Waals surface area contributed by atoms with Gasteiger partial charge < -0.3 is 10.1 Å². The van der Waals surface area contributed by atoms with Gasteiger partial charge in [-0.3, -0.25) is 15.0 Å². The number of nitro groups is 1. The molecule has 3 rings (SSSR count). The number of nitrogens with zero attached hydrogens (tertiary/aromatic N) is 2. The number of hydrogen-bond donors (Lipinski definition) is 1. The molecular formula is C15H21N3O3. The second kappa shape index (κ2) is 5.89. The highest BCUT2D eigenvalue weighted by atomic mass is 16.6. The topological polar surface area (TPSA) is 67.6 Å². The van der Waals surface area contributed by atoms with Crippen LogP contribution < -0.4 is 10.1 Å². The molecular weight excluding hydrogens is 270 g/mol. The van der Waals surface area contributed by atoms with E-state index in [2.05, 4.69) is 10.2 Å². The van der Waals surface area contributed by atoms with E-state index in [-0.39, 0.29) is 16.7 Å². The van der Waals surface area contributed by atoms with Crippen molar-refractivity contribution in [2.75, 3.05) is 25.5 Å². The number of benzene rings is 1. The molecule has 0 saturated carbocycles. The van der Waals surface area contributed by atoms with Crippen LogP contribution in [0.25, 0.3) is 0 Å². The summed E-state index contributed by atoms with van der Waals surface area (Å²) in [6.45, 7) is 2.24. The van der Waals surface area contributed by atoms with Gasteiger partial charge in [0.1, 0.15) is 5.69 Å². The Hall–Kier alpha value is -1.82. The first-order chi connectivity index (χ1) is 10.2. The highest BCUT2D eigenvalue weighted by Gasteiger charge is 2.36. The first-order valence-electron chi connectivity index (χ1n) is 7.52. The lowest BCUT2D eigenvalue weighted by atomic mass is 9.98. The Bertz CT molecular complexity index is 535. The molecule has 0 aromatic heterocycles. The van der Waals surface area contributed by atoms with E-state index < -0.39 is 0 Å². The Labute approximate surface area is 124 Å². The fraction of sp³-hybridized carbons (Fsp3) is 0.600. The van der Waals surface area contributed by atoms with E-state index >= 15 is 0 Å². The SMILES string of the molecule is COc1cccc(NC2CCN3CCCCC23)c1[N+](=O)[O-]. The minimum absolute atomic E-state index is 0.0364. The van der Waals surface area contributed by atoms with Gasteiger partial charge in [0.25, 0.3) is 0 Å². The number of fused-ring (bicyclic) bond motifs is 1. The number of nitrogens with one attached hydrogen (secondary N) is 1. The maximum atomic E-state index is 11.3. The molecule has 2 aliphatic rings. The largest absolute Gasteiger partial charge is 0.490 e. The van der Waals surface area contributed by atoms with Crippen molar-refractivity contribution < 1.29 is 9.66 Å². The zero-order valence-corrected chi connectivity index (χ0v) is 12.2. The number of ether oxygens (including phenoxy) is 1. The predicted octanol–water partition coefficient (Wildman–Crippen LogP) is 2.64. The monoisotopic (exact) mass is 291 g/mol. The number of rotatable bonds is 4. The van der Waals surface area contributed by atoms with Crippen LogP contribution in [0.5, 0.6) is 5.75 Å². The molecule has 0 spiro atoms. The van der Waals surface area contributed by atoms with Gasteiger partial charge in [-0.25, -0.2) is 0 Å².